The Bertz CT molecular complexity index is 502. The van der Waals surface area contributed by atoms with Crippen molar-refractivity contribution in [3.8, 4) is 0 Å². The van der Waals surface area contributed by atoms with Gasteiger partial charge in [0.25, 0.3) is 0 Å². The van der Waals surface area contributed by atoms with E-state index in [-0.39, 0.29) is 17.6 Å². The highest BCUT2D eigenvalue weighted by atomic mass is 16.7. The van der Waals surface area contributed by atoms with Crippen LogP contribution in [-0.2, 0) is 14.3 Å². The van der Waals surface area contributed by atoms with Gasteiger partial charge >= 0.3 is 0 Å². The summed E-state index contributed by atoms with van der Waals surface area (Å²) in [5.41, 5.74) is 2.00. The number of anilines is 1. The molecule has 0 radical (unpaired) electrons. The third kappa shape index (κ3) is 2.72. The van der Waals surface area contributed by atoms with E-state index in [2.05, 4.69) is 13.8 Å². The number of ether oxygens (including phenoxy) is 2. The molecule has 4 nitrogen and oxygen atoms in total. The minimum absolute atomic E-state index is 0.0685. The Morgan fingerprint density at radius 3 is 2.65 bits per heavy atom. The number of hydrogen-bond donors (Lipinski definition) is 0. The van der Waals surface area contributed by atoms with E-state index in [1.807, 2.05) is 29.2 Å². The molecule has 0 unspecified atom stereocenters. The summed E-state index contributed by atoms with van der Waals surface area (Å²) in [7, 11) is 0. The largest absolute Gasteiger partial charge is 0.348 e. The van der Waals surface area contributed by atoms with Crippen LogP contribution in [-0.4, -0.2) is 25.7 Å². The molecule has 0 atom stereocenters. The average molecular weight is 275 g/mol. The highest BCUT2D eigenvalue weighted by Gasteiger charge is 2.30. The van der Waals surface area contributed by atoms with Crippen LogP contribution in [0.4, 0.5) is 5.69 Å². The predicted octanol–water partition coefficient (Wildman–Crippen LogP) is 2.89. The maximum absolute atomic E-state index is 11.8. The van der Waals surface area contributed by atoms with Crippen molar-refractivity contribution in [2.45, 2.75) is 33.0 Å². The summed E-state index contributed by atoms with van der Waals surface area (Å²) in [5.74, 6) is 0.203. The van der Waals surface area contributed by atoms with E-state index in [0.29, 0.717) is 19.6 Å². The SMILES string of the molecule is CC1(C)COC(c2cccc(N3CCCC3=O)c2)OC1. The standard InChI is InChI=1S/C16H21NO3/c1-16(2)10-19-15(20-11-16)12-5-3-6-13(9-12)17-8-4-7-14(17)18/h3,5-6,9,15H,4,7-8,10-11H2,1-2H3. The zero-order valence-corrected chi connectivity index (χ0v) is 12.1. The highest BCUT2D eigenvalue weighted by molar-refractivity contribution is 5.95. The molecule has 108 valence electrons. The van der Waals surface area contributed by atoms with E-state index in [0.717, 1.165) is 24.2 Å². The van der Waals surface area contributed by atoms with Crippen LogP contribution in [0.1, 0.15) is 38.5 Å². The van der Waals surface area contributed by atoms with Crippen LogP contribution in [0.5, 0.6) is 0 Å². The molecule has 2 saturated heterocycles. The molecule has 2 aliphatic rings. The van der Waals surface area contributed by atoms with Crippen LogP contribution in [0.3, 0.4) is 0 Å². The summed E-state index contributed by atoms with van der Waals surface area (Å²) in [5, 5.41) is 0. The number of carbonyl (C=O) groups excluding carboxylic acids is 1. The zero-order chi connectivity index (χ0) is 14.2. The molecule has 20 heavy (non-hydrogen) atoms. The van der Waals surface area contributed by atoms with Gasteiger partial charge in [0.05, 0.1) is 13.2 Å². The predicted molar refractivity (Wildman–Crippen MR) is 76.5 cm³/mol. The topological polar surface area (TPSA) is 38.8 Å². The lowest BCUT2D eigenvalue weighted by molar-refractivity contribution is -0.226. The molecular formula is C16H21NO3. The van der Waals surface area contributed by atoms with Crippen molar-refractivity contribution in [1.82, 2.24) is 0 Å². The average Bonchev–Trinajstić information content (AvgIpc) is 2.85. The number of rotatable bonds is 2. The summed E-state index contributed by atoms with van der Waals surface area (Å²) in [6.45, 7) is 6.43. The highest BCUT2D eigenvalue weighted by Crippen LogP contribution is 2.33. The smallest absolute Gasteiger partial charge is 0.227 e. The number of hydrogen-bond acceptors (Lipinski definition) is 3. The number of benzene rings is 1. The Balaban J connectivity index is 1.76. The van der Waals surface area contributed by atoms with Gasteiger partial charge in [-0.25, -0.2) is 0 Å². The maximum atomic E-state index is 11.8. The van der Waals surface area contributed by atoms with E-state index in [9.17, 15) is 4.79 Å². The molecule has 0 bridgehead atoms. The molecule has 2 fully saturated rings. The van der Waals surface area contributed by atoms with Gasteiger partial charge in [-0.1, -0.05) is 26.0 Å². The molecule has 0 N–H and O–H groups in total. The number of amides is 1. The Labute approximate surface area is 119 Å². The van der Waals surface area contributed by atoms with Crippen molar-refractivity contribution >= 4 is 11.6 Å². The van der Waals surface area contributed by atoms with Gasteiger partial charge in [0.15, 0.2) is 6.29 Å². The van der Waals surface area contributed by atoms with Crippen LogP contribution in [0, 0.1) is 5.41 Å². The molecular weight excluding hydrogens is 254 g/mol. The fourth-order valence-electron chi connectivity index (χ4n) is 2.65. The van der Waals surface area contributed by atoms with Crippen LogP contribution >= 0.6 is 0 Å². The van der Waals surface area contributed by atoms with Crippen molar-refractivity contribution in [3.05, 3.63) is 29.8 Å². The zero-order valence-electron chi connectivity index (χ0n) is 12.1. The van der Waals surface area contributed by atoms with Crippen LogP contribution < -0.4 is 4.90 Å². The molecule has 0 aromatic heterocycles. The lowest BCUT2D eigenvalue weighted by Crippen LogP contribution is -2.33. The Hall–Kier alpha value is -1.39. The van der Waals surface area contributed by atoms with Crippen LogP contribution in [0.2, 0.25) is 0 Å². The van der Waals surface area contributed by atoms with E-state index < -0.39 is 0 Å². The van der Waals surface area contributed by atoms with Crippen molar-refractivity contribution in [2.24, 2.45) is 5.41 Å². The molecule has 0 spiro atoms. The third-order valence-electron chi connectivity index (χ3n) is 3.78. The second-order valence-electron chi connectivity index (χ2n) is 6.36. The van der Waals surface area contributed by atoms with E-state index in [1.54, 1.807) is 0 Å². The van der Waals surface area contributed by atoms with Crippen molar-refractivity contribution < 1.29 is 14.3 Å². The van der Waals surface area contributed by atoms with Gasteiger partial charge in [0.1, 0.15) is 0 Å². The van der Waals surface area contributed by atoms with E-state index >= 15 is 0 Å². The Kier molecular flexibility index (Phi) is 3.52. The first-order valence-corrected chi connectivity index (χ1v) is 7.19. The Morgan fingerprint density at radius 1 is 1.25 bits per heavy atom. The quantitative estimate of drug-likeness (QED) is 0.833. The molecule has 2 heterocycles. The van der Waals surface area contributed by atoms with Gasteiger partial charge in [0, 0.05) is 29.6 Å². The van der Waals surface area contributed by atoms with Crippen LogP contribution in [0.25, 0.3) is 0 Å². The molecule has 3 rings (SSSR count). The summed E-state index contributed by atoms with van der Waals surface area (Å²) in [6, 6.07) is 7.93. The molecule has 1 amide bonds. The molecule has 0 saturated carbocycles. The first kappa shape index (κ1) is 13.6. The number of nitrogens with zero attached hydrogens (tertiary/aromatic N) is 1. The second-order valence-corrected chi connectivity index (χ2v) is 6.36. The van der Waals surface area contributed by atoms with Crippen LogP contribution in [0.15, 0.2) is 24.3 Å². The van der Waals surface area contributed by atoms with E-state index in [1.165, 1.54) is 0 Å². The lowest BCUT2D eigenvalue weighted by Gasteiger charge is -2.34. The lowest BCUT2D eigenvalue weighted by atomic mass is 9.95. The van der Waals surface area contributed by atoms with Gasteiger partial charge in [-0.15, -0.1) is 0 Å². The maximum Gasteiger partial charge on any atom is 0.227 e. The fourth-order valence-corrected chi connectivity index (χ4v) is 2.65. The van der Waals surface area contributed by atoms with Crippen molar-refractivity contribution in [1.29, 1.82) is 0 Å². The number of carbonyl (C=O) groups is 1. The normalized spacial score (nSPS) is 23.3. The summed E-state index contributed by atoms with van der Waals surface area (Å²) >= 11 is 0. The summed E-state index contributed by atoms with van der Waals surface area (Å²) < 4.78 is 11.6. The molecule has 4 heteroatoms. The minimum Gasteiger partial charge on any atom is -0.348 e. The first-order chi connectivity index (χ1) is 9.55. The van der Waals surface area contributed by atoms with Crippen molar-refractivity contribution in [2.75, 3.05) is 24.7 Å². The molecule has 1 aromatic rings. The monoisotopic (exact) mass is 275 g/mol. The molecule has 0 aliphatic carbocycles. The summed E-state index contributed by atoms with van der Waals surface area (Å²) in [4.78, 5) is 13.7. The van der Waals surface area contributed by atoms with Gasteiger partial charge in [-0.2, -0.15) is 0 Å². The van der Waals surface area contributed by atoms with Gasteiger partial charge in [-0.3, -0.25) is 4.79 Å². The third-order valence-corrected chi connectivity index (χ3v) is 3.78. The van der Waals surface area contributed by atoms with Gasteiger partial charge < -0.3 is 14.4 Å². The fraction of sp³-hybridized carbons (Fsp3) is 0.562. The van der Waals surface area contributed by atoms with Gasteiger partial charge in [0.2, 0.25) is 5.91 Å². The van der Waals surface area contributed by atoms with E-state index in [4.69, 9.17) is 9.47 Å². The first-order valence-electron chi connectivity index (χ1n) is 7.19. The summed E-state index contributed by atoms with van der Waals surface area (Å²) in [6.07, 6.45) is 1.27. The van der Waals surface area contributed by atoms with Crippen molar-refractivity contribution in [3.63, 3.8) is 0 Å². The molecule has 1 aromatic carbocycles. The Morgan fingerprint density at radius 2 is 2.00 bits per heavy atom. The van der Waals surface area contributed by atoms with Gasteiger partial charge in [-0.05, 0) is 18.6 Å². The second kappa shape index (κ2) is 5.19. The minimum atomic E-state index is -0.319. The molecule has 2 aliphatic heterocycles.